The maximum absolute atomic E-state index is 11.8. The number of rotatable bonds is 3. The average molecular weight is 282 g/mol. The van der Waals surface area contributed by atoms with Crippen molar-refractivity contribution in [1.29, 1.82) is 0 Å². The van der Waals surface area contributed by atoms with Crippen molar-refractivity contribution in [2.24, 2.45) is 0 Å². The minimum atomic E-state index is -1.57. The molecule has 7 heteroatoms. The SMILES string of the molecule is CCOC(=O)C1C(CC)OC2N1C(=O)C2(Cl)Cl. The molecule has 0 bridgehead atoms. The highest BCUT2D eigenvalue weighted by molar-refractivity contribution is 6.60. The summed E-state index contributed by atoms with van der Waals surface area (Å²) in [6.45, 7) is 3.82. The zero-order valence-corrected chi connectivity index (χ0v) is 11.0. The van der Waals surface area contributed by atoms with Crippen LogP contribution >= 0.6 is 23.2 Å². The molecular formula is C10H13Cl2NO4. The van der Waals surface area contributed by atoms with E-state index in [9.17, 15) is 9.59 Å². The summed E-state index contributed by atoms with van der Waals surface area (Å²) in [6, 6.07) is -0.733. The lowest BCUT2D eigenvalue weighted by molar-refractivity contribution is -0.167. The average Bonchev–Trinajstić information content (AvgIpc) is 2.66. The molecule has 2 saturated heterocycles. The van der Waals surface area contributed by atoms with E-state index in [1.54, 1.807) is 6.92 Å². The van der Waals surface area contributed by atoms with E-state index in [1.165, 1.54) is 4.90 Å². The predicted molar refractivity (Wildman–Crippen MR) is 60.7 cm³/mol. The van der Waals surface area contributed by atoms with Gasteiger partial charge in [0.25, 0.3) is 5.91 Å². The summed E-state index contributed by atoms with van der Waals surface area (Å²) in [6.07, 6.45) is -0.590. The number of carbonyl (C=O) groups is 2. The van der Waals surface area contributed by atoms with E-state index in [2.05, 4.69) is 0 Å². The minimum absolute atomic E-state index is 0.255. The Morgan fingerprint density at radius 1 is 1.53 bits per heavy atom. The van der Waals surface area contributed by atoms with Crippen LogP contribution in [0.1, 0.15) is 20.3 Å². The topological polar surface area (TPSA) is 55.8 Å². The van der Waals surface area contributed by atoms with E-state index in [4.69, 9.17) is 32.7 Å². The Balaban J connectivity index is 2.20. The van der Waals surface area contributed by atoms with Crippen LogP contribution < -0.4 is 0 Å². The van der Waals surface area contributed by atoms with Crippen LogP contribution in [0, 0.1) is 0 Å². The third-order valence-electron chi connectivity index (χ3n) is 2.97. The molecule has 96 valence electrons. The lowest BCUT2D eigenvalue weighted by Gasteiger charge is -2.44. The van der Waals surface area contributed by atoms with Gasteiger partial charge in [0.15, 0.2) is 12.3 Å². The number of hydrogen-bond donors (Lipinski definition) is 0. The highest BCUT2D eigenvalue weighted by Gasteiger charge is 2.69. The van der Waals surface area contributed by atoms with E-state index in [0.29, 0.717) is 6.42 Å². The highest BCUT2D eigenvalue weighted by Crippen LogP contribution is 2.48. The van der Waals surface area contributed by atoms with Crippen LogP contribution in [0.4, 0.5) is 0 Å². The van der Waals surface area contributed by atoms with E-state index >= 15 is 0 Å². The van der Waals surface area contributed by atoms with Crippen LogP contribution in [-0.2, 0) is 19.1 Å². The van der Waals surface area contributed by atoms with Crippen molar-refractivity contribution >= 4 is 35.1 Å². The number of esters is 1. The number of ether oxygens (including phenoxy) is 2. The summed E-state index contributed by atoms with van der Waals surface area (Å²) >= 11 is 11.6. The smallest absolute Gasteiger partial charge is 0.331 e. The molecule has 0 aromatic carbocycles. The number of carbonyl (C=O) groups excluding carboxylic acids is 2. The number of alkyl halides is 2. The zero-order chi connectivity index (χ0) is 12.8. The maximum Gasteiger partial charge on any atom is 0.331 e. The molecule has 5 nitrogen and oxygen atoms in total. The van der Waals surface area contributed by atoms with Crippen molar-refractivity contribution < 1.29 is 19.1 Å². The molecule has 3 unspecified atom stereocenters. The fraction of sp³-hybridized carbons (Fsp3) is 0.800. The van der Waals surface area contributed by atoms with Gasteiger partial charge < -0.3 is 9.47 Å². The first-order valence-corrected chi connectivity index (χ1v) is 6.23. The summed E-state index contributed by atoms with van der Waals surface area (Å²) in [5.41, 5.74) is 0. The quantitative estimate of drug-likeness (QED) is 0.441. The van der Waals surface area contributed by atoms with Gasteiger partial charge in [-0.3, -0.25) is 9.69 Å². The largest absolute Gasteiger partial charge is 0.464 e. The van der Waals surface area contributed by atoms with Gasteiger partial charge >= 0.3 is 5.97 Å². The molecular weight excluding hydrogens is 269 g/mol. The Morgan fingerprint density at radius 2 is 2.18 bits per heavy atom. The summed E-state index contributed by atoms with van der Waals surface area (Å²) in [5.74, 6) is -0.973. The number of β-lactam (4-membered cyclic amide) rings is 1. The van der Waals surface area contributed by atoms with Crippen molar-refractivity contribution in [3.8, 4) is 0 Å². The third kappa shape index (κ3) is 1.72. The van der Waals surface area contributed by atoms with Crippen molar-refractivity contribution in [3.05, 3.63) is 0 Å². The number of amides is 1. The zero-order valence-electron chi connectivity index (χ0n) is 9.48. The Bertz CT molecular complexity index is 360. The molecule has 2 heterocycles. The van der Waals surface area contributed by atoms with Crippen LogP contribution in [0.3, 0.4) is 0 Å². The number of hydrogen-bond acceptors (Lipinski definition) is 4. The van der Waals surface area contributed by atoms with Crippen LogP contribution in [0.25, 0.3) is 0 Å². The van der Waals surface area contributed by atoms with Crippen molar-refractivity contribution in [1.82, 2.24) is 4.90 Å². The molecule has 0 saturated carbocycles. The Hall–Kier alpha value is -0.520. The first kappa shape index (κ1) is 12.9. The minimum Gasteiger partial charge on any atom is -0.464 e. The molecule has 17 heavy (non-hydrogen) atoms. The van der Waals surface area contributed by atoms with Gasteiger partial charge in [0.1, 0.15) is 0 Å². The van der Waals surface area contributed by atoms with E-state index in [0.717, 1.165) is 0 Å². The van der Waals surface area contributed by atoms with E-state index in [1.807, 2.05) is 6.92 Å². The summed E-state index contributed by atoms with van der Waals surface area (Å²) in [5, 5.41) is 0. The molecule has 0 radical (unpaired) electrons. The standard InChI is InChI=1S/C10H13Cl2NO4/c1-3-5-6(7(14)16-4-2)13-8(15)10(11,12)9(13)17-5/h5-6,9H,3-4H2,1-2H3. The lowest BCUT2D eigenvalue weighted by Crippen LogP contribution is -2.69. The second-order valence-corrected chi connectivity index (χ2v) is 5.35. The first-order chi connectivity index (χ1) is 7.95. The van der Waals surface area contributed by atoms with E-state index in [-0.39, 0.29) is 6.61 Å². The Morgan fingerprint density at radius 3 is 2.71 bits per heavy atom. The molecule has 0 aromatic heterocycles. The van der Waals surface area contributed by atoms with Crippen LogP contribution in [0.15, 0.2) is 0 Å². The predicted octanol–water partition coefficient (Wildman–Crippen LogP) is 1.07. The monoisotopic (exact) mass is 281 g/mol. The van der Waals surface area contributed by atoms with Crippen molar-refractivity contribution in [3.63, 3.8) is 0 Å². The highest BCUT2D eigenvalue weighted by atomic mass is 35.5. The van der Waals surface area contributed by atoms with Crippen LogP contribution in [-0.4, -0.2) is 46.1 Å². The summed E-state index contributed by atoms with van der Waals surface area (Å²) in [4.78, 5) is 24.8. The summed E-state index contributed by atoms with van der Waals surface area (Å²) < 4.78 is 8.87. The second kappa shape index (κ2) is 4.30. The molecule has 1 amide bonds. The molecule has 0 spiro atoms. The Labute approximate surface area is 109 Å². The molecule has 2 aliphatic heterocycles. The Kier molecular flexibility index (Phi) is 3.27. The van der Waals surface area contributed by atoms with Crippen molar-refractivity contribution in [2.45, 2.75) is 43.0 Å². The number of nitrogens with zero attached hydrogens (tertiary/aromatic N) is 1. The van der Waals surface area contributed by atoms with E-state index < -0.39 is 34.6 Å². The molecule has 0 aliphatic carbocycles. The summed E-state index contributed by atoms with van der Waals surface area (Å²) in [7, 11) is 0. The van der Waals surface area contributed by atoms with Gasteiger partial charge in [-0.15, -0.1) is 0 Å². The third-order valence-corrected chi connectivity index (χ3v) is 3.67. The fourth-order valence-electron chi connectivity index (χ4n) is 2.15. The van der Waals surface area contributed by atoms with Gasteiger partial charge in [-0.2, -0.15) is 0 Å². The van der Waals surface area contributed by atoms with Crippen molar-refractivity contribution in [2.75, 3.05) is 6.61 Å². The van der Waals surface area contributed by atoms with Gasteiger partial charge in [0.05, 0.1) is 12.7 Å². The molecule has 3 atom stereocenters. The van der Waals surface area contributed by atoms with Gasteiger partial charge in [-0.25, -0.2) is 4.79 Å². The first-order valence-electron chi connectivity index (χ1n) is 5.47. The number of halogens is 2. The lowest BCUT2D eigenvalue weighted by atomic mass is 10.0. The number of fused-ring (bicyclic) bond motifs is 1. The molecule has 0 N–H and O–H groups in total. The molecule has 2 fully saturated rings. The van der Waals surface area contributed by atoms with Crippen LogP contribution in [0.2, 0.25) is 0 Å². The maximum atomic E-state index is 11.8. The normalized spacial score (nSPS) is 34.2. The van der Waals surface area contributed by atoms with Gasteiger partial charge in [-0.05, 0) is 13.3 Å². The second-order valence-electron chi connectivity index (χ2n) is 3.97. The van der Waals surface area contributed by atoms with Crippen LogP contribution in [0.5, 0.6) is 0 Å². The van der Waals surface area contributed by atoms with Gasteiger partial charge in [0.2, 0.25) is 4.33 Å². The van der Waals surface area contributed by atoms with Gasteiger partial charge in [0, 0.05) is 0 Å². The fourth-order valence-corrected chi connectivity index (χ4v) is 2.66. The molecule has 2 rings (SSSR count). The molecule has 0 aromatic rings. The van der Waals surface area contributed by atoms with Gasteiger partial charge in [-0.1, -0.05) is 30.1 Å². The molecule has 2 aliphatic rings.